The van der Waals surface area contributed by atoms with Gasteiger partial charge in [-0.15, -0.1) is 22.7 Å². The van der Waals surface area contributed by atoms with Crippen LogP contribution in [-0.4, -0.2) is 16.5 Å². The minimum absolute atomic E-state index is 0.923. The normalized spacial score (nSPS) is 10.5. The summed E-state index contributed by atoms with van der Waals surface area (Å²) in [6, 6.07) is 0. The number of nitrogens with one attached hydrogen (secondary N) is 1. The second kappa shape index (κ2) is 5.48. The van der Waals surface area contributed by atoms with Gasteiger partial charge in [0.25, 0.3) is 0 Å². The van der Waals surface area contributed by atoms with Crippen LogP contribution in [0.4, 0.5) is 5.13 Å². The Hall–Kier alpha value is -0.590. The smallest absolute Gasteiger partial charge is 0.182 e. The van der Waals surface area contributed by atoms with Gasteiger partial charge in [-0.2, -0.15) is 0 Å². The molecule has 0 saturated carbocycles. The van der Waals surface area contributed by atoms with Crippen molar-refractivity contribution in [3.63, 3.8) is 0 Å². The van der Waals surface area contributed by atoms with Gasteiger partial charge in [-0.3, -0.25) is 0 Å². The highest BCUT2D eigenvalue weighted by Gasteiger charge is 2.02. The lowest BCUT2D eigenvalue weighted by atomic mass is 10.6. The molecule has 0 aliphatic heterocycles. The Kier molecular flexibility index (Phi) is 3.99. The van der Waals surface area contributed by atoms with Crippen LogP contribution in [0.5, 0.6) is 0 Å². The highest BCUT2D eigenvalue weighted by molar-refractivity contribution is 8.00. The molecule has 2 rings (SSSR count). The zero-order valence-electron chi connectivity index (χ0n) is 8.27. The van der Waals surface area contributed by atoms with E-state index in [2.05, 4.69) is 22.2 Å². The topological polar surface area (TPSA) is 37.8 Å². The number of aromatic nitrogens is 2. The summed E-state index contributed by atoms with van der Waals surface area (Å²) in [6.45, 7) is 3.00. The average molecular weight is 257 g/mol. The fourth-order valence-electron chi connectivity index (χ4n) is 1.02. The number of hydrogen-bond donors (Lipinski definition) is 1. The van der Waals surface area contributed by atoms with E-state index in [1.807, 2.05) is 17.8 Å². The number of nitrogens with zero attached hydrogens (tertiary/aromatic N) is 2. The zero-order valence-corrected chi connectivity index (χ0v) is 10.7. The maximum absolute atomic E-state index is 4.28. The molecule has 6 heteroatoms. The fraction of sp³-hybridized carbons (Fsp3) is 0.333. The van der Waals surface area contributed by atoms with E-state index in [0.29, 0.717) is 0 Å². The summed E-state index contributed by atoms with van der Waals surface area (Å²) < 4.78 is 1.12. The van der Waals surface area contributed by atoms with Gasteiger partial charge in [0.2, 0.25) is 0 Å². The van der Waals surface area contributed by atoms with E-state index in [0.717, 1.165) is 21.8 Å². The Balaban J connectivity index is 1.88. The molecule has 0 bridgehead atoms. The van der Waals surface area contributed by atoms with E-state index in [-0.39, 0.29) is 0 Å². The van der Waals surface area contributed by atoms with Crippen LogP contribution in [0.15, 0.2) is 22.1 Å². The molecule has 0 aliphatic rings. The summed E-state index contributed by atoms with van der Waals surface area (Å²) >= 11 is 5.15. The summed E-state index contributed by atoms with van der Waals surface area (Å²) in [4.78, 5) is 9.79. The molecule has 0 atom stereocenters. The van der Waals surface area contributed by atoms with Crippen LogP contribution in [0, 0.1) is 0 Å². The molecular weight excluding hydrogens is 246 g/mol. The molecule has 0 aromatic carbocycles. The van der Waals surface area contributed by atoms with Gasteiger partial charge >= 0.3 is 0 Å². The van der Waals surface area contributed by atoms with Crippen LogP contribution in [0.25, 0.3) is 0 Å². The quantitative estimate of drug-likeness (QED) is 0.834. The number of thiazole rings is 2. The molecule has 0 fully saturated rings. The van der Waals surface area contributed by atoms with Crippen LogP contribution in [0.3, 0.4) is 0 Å². The van der Waals surface area contributed by atoms with Crippen molar-refractivity contribution in [2.75, 3.05) is 11.9 Å². The molecule has 0 unspecified atom stereocenters. The molecule has 2 heterocycles. The fourth-order valence-corrected chi connectivity index (χ4v) is 3.56. The van der Waals surface area contributed by atoms with E-state index in [1.165, 1.54) is 4.88 Å². The van der Waals surface area contributed by atoms with Crippen molar-refractivity contribution in [2.45, 2.75) is 17.0 Å². The van der Waals surface area contributed by atoms with Gasteiger partial charge in [0.1, 0.15) is 4.34 Å². The van der Waals surface area contributed by atoms with Crippen molar-refractivity contribution in [3.8, 4) is 0 Å². The van der Waals surface area contributed by atoms with Crippen molar-refractivity contribution in [1.82, 2.24) is 9.97 Å². The van der Waals surface area contributed by atoms with E-state index in [9.17, 15) is 0 Å². The van der Waals surface area contributed by atoms with Crippen LogP contribution in [0.1, 0.15) is 11.8 Å². The van der Waals surface area contributed by atoms with Gasteiger partial charge in [0.15, 0.2) is 5.13 Å². The highest BCUT2D eigenvalue weighted by atomic mass is 32.2. The lowest BCUT2D eigenvalue weighted by molar-refractivity contribution is 1.19. The summed E-state index contributed by atoms with van der Waals surface area (Å²) in [7, 11) is 0. The molecule has 0 spiro atoms. The van der Waals surface area contributed by atoms with Crippen molar-refractivity contribution in [1.29, 1.82) is 0 Å². The van der Waals surface area contributed by atoms with E-state index < -0.39 is 0 Å². The molecular formula is C9H11N3S3. The summed E-state index contributed by atoms with van der Waals surface area (Å²) in [5, 5.41) is 6.21. The Labute approximate surface area is 101 Å². The first-order chi connectivity index (χ1) is 7.38. The van der Waals surface area contributed by atoms with Gasteiger partial charge in [0, 0.05) is 34.9 Å². The number of thioether (sulfide) groups is 1. The third kappa shape index (κ3) is 3.19. The summed E-state index contributed by atoms with van der Waals surface area (Å²) in [5.41, 5.74) is 0. The maximum Gasteiger partial charge on any atom is 0.182 e. The predicted molar refractivity (Wildman–Crippen MR) is 68.0 cm³/mol. The molecule has 0 saturated heterocycles. The first-order valence-corrected chi connectivity index (χ1v) is 7.27. The Bertz CT molecular complexity index is 396. The predicted octanol–water partition coefficient (Wildman–Crippen LogP) is 3.32. The summed E-state index contributed by atoms with van der Waals surface area (Å²) in [5.74, 6) is 0.955. The van der Waals surface area contributed by atoms with Gasteiger partial charge in [0.05, 0.1) is 0 Å². The Morgan fingerprint density at radius 1 is 1.47 bits per heavy atom. The number of rotatable bonds is 5. The van der Waals surface area contributed by atoms with Crippen molar-refractivity contribution >= 4 is 39.6 Å². The van der Waals surface area contributed by atoms with Gasteiger partial charge in [-0.1, -0.05) is 11.8 Å². The minimum Gasteiger partial charge on any atom is -0.362 e. The first-order valence-electron chi connectivity index (χ1n) is 4.59. The molecule has 80 valence electrons. The highest BCUT2D eigenvalue weighted by Crippen LogP contribution is 2.28. The third-order valence-electron chi connectivity index (χ3n) is 1.63. The van der Waals surface area contributed by atoms with Crippen molar-refractivity contribution in [3.05, 3.63) is 22.7 Å². The lowest BCUT2D eigenvalue weighted by Crippen LogP contribution is -1.94. The molecule has 0 aliphatic carbocycles. The largest absolute Gasteiger partial charge is 0.362 e. The minimum atomic E-state index is 0.923. The molecule has 3 nitrogen and oxygen atoms in total. The number of hydrogen-bond acceptors (Lipinski definition) is 6. The first kappa shape index (κ1) is 10.9. The third-order valence-corrected chi connectivity index (χ3v) is 4.78. The standard InChI is InChI=1S/C9H11N3S3/c1-2-10-8-12-5-7(15-8)6-14-9-11-3-4-13-9/h3-5H,2,6H2,1H3,(H,10,12). The van der Waals surface area contributed by atoms with E-state index in [4.69, 9.17) is 0 Å². The molecule has 2 aromatic heterocycles. The van der Waals surface area contributed by atoms with E-state index in [1.54, 1.807) is 34.4 Å². The average Bonchev–Trinajstić information content (AvgIpc) is 2.85. The second-order valence-electron chi connectivity index (χ2n) is 2.75. The van der Waals surface area contributed by atoms with Crippen LogP contribution < -0.4 is 5.32 Å². The van der Waals surface area contributed by atoms with Gasteiger partial charge < -0.3 is 5.32 Å². The second-order valence-corrected chi connectivity index (χ2v) is 5.98. The van der Waals surface area contributed by atoms with Crippen LogP contribution in [-0.2, 0) is 5.75 Å². The van der Waals surface area contributed by atoms with Crippen molar-refractivity contribution < 1.29 is 0 Å². The molecule has 1 N–H and O–H groups in total. The molecule has 0 radical (unpaired) electrons. The SMILES string of the molecule is CCNc1ncc(CSc2nccs2)s1. The molecule has 0 amide bonds. The van der Waals surface area contributed by atoms with Crippen molar-refractivity contribution in [2.24, 2.45) is 0 Å². The van der Waals surface area contributed by atoms with Crippen LogP contribution in [0.2, 0.25) is 0 Å². The zero-order chi connectivity index (χ0) is 10.5. The van der Waals surface area contributed by atoms with Gasteiger partial charge in [-0.05, 0) is 6.92 Å². The maximum atomic E-state index is 4.28. The Morgan fingerprint density at radius 3 is 3.13 bits per heavy atom. The molecule has 15 heavy (non-hydrogen) atoms. The Morgan fingerprint density at radius 2 is 2.40 bits per heavy atom. The number of anilines is 1. The molecule has 2 aromatic rings. The van der Waals surface area contributed by atoms with Crippen LogP contribution >= 0.6 is 34.4 Å². The lowest BCUT2D eigenvalue weighted by Gasteiger charge is -1.94. The summed E-state index contributed by atoms with van der Waals surface area (Å²) in [6.07, 6.45) is 3.77. The van der Waals surface area contributed by atoms with Gasteiger partial charge in [-0.25, -0.2) is 9.97 Å². The van der Waals surface area contributed by atoms with E-state index >= 15 is 0 Å². The monoisotopic (exact) mass is 257 g/mol.